The Kier molecular flexibility index (Phi) is 2.59. The first-order chi connectivity index (χ1) is 7.31. The van der Waals surface area contributed by atoms with Gasteiger partial charge in [0.2, 0.25) is 0 Å². The fourth-order valence-electron chi connectivity index (χ4n) is 1.49. The number of hydrogen-bond acceptors (Lipinski definition) is 2. The topological polar surface area (TPSA) is 30.0 Å². The second-order valence-corrected chi connectivity index (χ2v) is 3.39. The largest absolute Gasteiger partial charge is 0.298 e. The summed E-state index contributed by atoms with van der Waals surface area (Å²) in [6, 6.07) is 11.4. The van der Waals surface area contributed by atoms with Gasteiger partial charge in [-0.25, -0.2) is 0 Å². The summed E-state index contributed by atoms with van der Waals surface area (Å²) in [5.74, 6) is 0. The quantitative estimate of drug-likeness (QED) is 0.693. The van der Waals surface area contributed by atoms with Crippen molar-refractivity contribution in [3.05, 3.63) is 53.9 Å². The Morgan fingerprint density at radius 3 is 2.60 bits per heavy atom. The number of carbonyl (C=O) groups excluding carboxylic acids is 1. The van der Waals surface area contributed by atoms with Crippen molar-refractivity contribution in [1.82, 2.24) is 4.98 Å². The minimum absolute atomic E-state index is 0.697. The van der Waals surface area contributed by atoms with Gasteiger partial charge in [0.1, 0.15) is 0 Å². The zero-order chi connectivity index (χ0) is 10.7. The van der Waals surface area contributed by atoms with Crippen molar-refractivity contribution in [1.29, 1.82) is 0 Å². The van der Waals surface area contributed by atoms with Crippen LogP contribution in [-0.4, -0.2) is 11.3 Å². The third kappa shape index (κ3) is 1.94. The van der Waals surface area contributed by atoms with Crippen molar-refractivity contribution >= 4 is 6.29 Å². The van der Waals surface area contributed by atoms with Crippen LogP contribution in [0.15, 0.2) is 42.6 Å². The maximum absolute atomic E-state index is 10.8. The highest BCUT2D eigenvalue weighted by molar-refractivity contribution is 5.87. The van der Waals surface area contributed by atoms with Crippen molar-refractivity contribution in [2.75, 3.05) is 0 Å². The van der Waals surface area contributed by atoms with Gasteiger partial charge in [0.25, 0.3) is 0 Å². The van der Waals surface area contributed by atoms with Crippen molar-refractivity contribution in [3.63, 3.8) is 0 Å². The summed E-state index contributed by atoms with van der Waals surface area (Å²) in [5, 5.41) is 0. The van der Waals surface area contributed by atoms with Gasteiger partial charge >= 0.3 is 0 Å². The number of hydrogen-bond donors (Lipinski definition) is 0. The van der Waals surface area contributed by atoms with Gasteiger partial charge in [-0.15, -0.1) is 0 Å². The van der Waals surface area contributed by atoms with Gasteiger partial charge in [-0.2, -0.15) is 0 Å². The number of aromatic nitrogens is 1. The van der Waals surface area contributed by atoms with Gasteiger partial charge in [-0.1, -0.05) is 30.3 Å². The van der Waals surface area contributed by atoms with Crippen molar-refractivity contribution < 1.29 is 4.79 Å². The van der Waals surface area contributed by atoms with Gasteiger partial charge in [-0.3, -0.25) is 9.78 Å². The average molecular weight is 197 g/mol. The van der Waals surface area contributed by atoms with Crippen molar-refractivity contribution in [2.24, 2.45) is 0 Å². The molecule has 15 heavy (non-hydrogen) atoms. The molecule has 0 aliphatic heterocycles. The molecule has 1 heterocycles. The fraction of sp³-hybridized carbons (Fsp3) is 0.0769. The highest BCUT2D eigenvalue weighted by Gasteiger charge is 2.02. The monoisotopic (exact) mass is 197 g/mol. The molecule has 1 aromatic carbocycles. The zero-order valence-electron chi connectivity index (χ0n) is 8.47. The van der Waals surface area contributed by atoms with E-state index in [4.69, 9.17) is 0 Å². The molecule has 0 atom stereocenters. The van der Waals surface area contributed by atoms with Crippen LogP contribution in [0.2, 0.25) is 0 Å². The van der Waals surface area contributed by atoms with Crippen molar-refractivity contribution in [2.45, 2.75) is 6.92 Å². The Hall–Kier alpha value is -1.96. The highest BCUT2D eigenvalue weighted by atomic mass is 16.1. The third-order valence-electron chi connectivity index (χ3n) is 2.31. The Morgan fingerprint density at radius 2 is 1.93 bits per heavy atom. The van der Waals surface area contributed by atoms with Gasteiger partial charge in [0.15, 0.2) is 6.29 Å². The van der Waals surface area contributed by atoms with Crippen LogP contribution in [0.4, 0.5) is 0 Å². The number of pyridine rings is 1. The molecule has 74 valence electrons. The van der Waals surface area contributed by atoms with E-state index in [9.17, 15) is 4.79 Å². The maximum Gasteiger partial charge on any atom is 0.150 e. The molecule has 0 fully saturated rings. The molecule has 0 unspecified atom stereocenters. The van der Waals surface area contributed by atoms with E-state index in [-0.39, 0.29) is 0 Å². The number of aldehydes is 1. The third-order valence-corrected chi connectivity index (χ3v) is 2.31. The summed E-state index contributed by atoms with van der Waals surface area (Å²) in [4.78, 5) is 15.1. The van der Waals surface area contributed by atoms with Crippen LogP contribution in [0.25, 0.3) is 11.1 Å². The molecular formula is C13H11NO. The van der Waals surface area contributed by atoms with E-state index >= 15 is 0 Å². The molecule has 2 rings (SSSR count). The first kappa shape index (κ1) is 9.59. The summed E-state index contributed by atoms with van der Waals surface area (Å²) < 4.78 is 0. The molecule has 2 aromatic rings. The zero-order valence-corrected chi connectivity index (χ0v) is 8.47. The van der Waals surface area contributed by atoms with Crippen LogP contribution in [0, 0.1) is 6.92 Å². The molecule has 0 saturated heterocycles. The van der Waals surface area contributed by atoms with Crippen LogP contribution in [0.5, 0.6) is 0 Å². The second-order valence-electron chi connectivity index (χ2n) is 3.39. The average Bonchev–Trinajstić information content (AvgIpc) is 2.30. The molecule has 1 aromatic heterocycles. The lowest BCUT2D eigenvalue weighted by Gasteiger charge is -2.04. The van der Waals surface area contributed by atoms with E-state index < -0.39 is 0 Å². The first-order valence-corrected chi connectivity index (χ1v) is 4.78. The Labute approximate surface area is 88.6 Å². The number of carbonyl (C=O) groups is 1. The predicted molar refractivity (Wildman–Crippen MR) is 59.8 cm³/mol. The lowest BCUT2D eigenvalue weighted by Crippen LogP contribution is -1.88. The fourth-order valence-corrected chi connectivity index (χ4v) is 1.49. The van der Waals surface area contributed by atoms with Crippen LogP contribution in [0.1, 0.15) is 16.1 Å². The molecule has 2 nitrogen and oxygen atoms in total. The molecule has 0 amide bonds. The lowest BCUT2D eigenvalue weighted by atomic mass is 10.0. The molecule has 0 radical (unpaired) electrons. The number of nitrogens with zero attached hydrogens (tertiary/aromatic N) is 1. The summed E-state index contributed by atoms with van der Waals surface area (Å²) in [6.45, 7) is 1.94. The maximum atomic E-state index is 10.8. The number of benzene rings is 1. The SMILES string of the molecule is Cc1ccc(-c2ccccc2C=O)cn1. The first-order valence-electron chi connectivity index (χ1n) is 4.78. The van der Waals surface area contributed by atoms with Crippen LogP contribution < -0.4 is 0 Å². The van der Waals surface area contributed by atoms with E-state index in [1.54, 1.807) is 6.20 Å². The van der Waals surface area contributed by atoms with Gasteiger partial charge in [0.05, 0.1) is 0 Å². The van der Waals surface area contributed by atoms with Gasteiger partial charge < -0.3 is 0 Å². The normalized spacial score (nSPS) is 9.93. The van der Waals surface area contributed by atoms with Crippen LogP contribution in [0.3, 0.4) is 0 Å². The minimum atomic E-state index is 0.697. The van der Waals surface area contributed by atoms with Crippen molar-refractivity contribution in [3.8, 4) is 11.1 Å². The molecule has 0 aliphatic carbocycles. The van der Waals surface area contributed by atoms with Gasteiger partial charge in [0, 0.05) is 23.0 Å². The molecule has 0 saturated carbocycles. The molecule has 2 heteroatoms. The van der Waals surface area contributed by atoms with E-state index in [0.29, 0.717) is 5.56 Å². The second kappa shape index (κ2) is 4.05. The van der Waals surface area contributed by atoms with Gasteiger partial charge in [-0.05, 0) is 18.6 Å². The van der Waals surface area contributed by atoms with E-state index in [1.807, 2.05) is 43.3 Å². The Morgan fingerprint density at radius 1 is 1.13 bits per heavy atom. The van der Waals surface area contributed by atoms with E-state index in [0.717, 1.165) is 23.1 Å². The summed E-state index contributed by atoms with van der Waals surface area (Å²) in [6.07, 6.45) is 2.66. The summed E-state index contributed by atoms with van der Waals surface area (Å²) in [5.41, 5.74) is 3.58. The number of aryl methyl sites for hydroxylation is 1. The van der Waals surface area contributed by atoms with E-state index in [1.165, 1.54) is 0 Å². The Bertz CT molecular complexity index is 474. The van der Waals surface area contributed by atoms with Crippen LogP contribution >= 0.6 is 0 Å². The minimum Gasteiger partial charge on any atom is -0.298 e. The Balaban J connectivity index is 2.53. The molecule has 0 aliphatic rings. The summed E-state index contributed by atoms with van der Waals surface area (Å²) >= 11 is 0. The smallest absolute Gasteiger partial charge is 0.150 e. The standard InChI is InChI=1S/C13H11NO/c1-10-6-7-11(8-14-10)13-5-3-2-4-12(13)9-15/h2-9H,1H3. The molecule has 0 bridgehead atoms. The van der Waals surface area contributed by atoms with Crippen LogP contribution in [-0.2, 0) is 0 Å². The molecular weight excluding hydrogens is 186 g/mol. The lowest BCUT2D eigenvalue weighted by molar-refractivity contribution is 0.112. The molecule has 0 spiro atoms. The predicted octanol–water partition coefficient (Wildman–Crippen LogP) is 2.87. The highest BCUT2D eigenvalue weighted by Crippen LogP contribution is 2.21. The molecule has 0 N–H and O–H groups in total. The summed E-state index contributed by atoms with van der Waals surface area (Å²) in [7, 11) is 0. The van der Waals surface area contributed by atoms with E-state index in [2.05, 4.69) is 4.98 Å². The number of rotatable bonds is 2.